The summed E-state index contributed by atoms with van der Waals surface area (Å²) in [5.41, 5.74) is -0.725. The zero-order valence-electron chi connectivity index (χ0n) is 17.4. The Kier molecular flexibility index (Phi) is 3.87. The fourth-order valence-electron chi connectivity index (χ4n) is 7.72. The van der Waals surface area contributed by atoms with Crippen LogP contribution < -0.4 is 0 Å². The molecule has 29 heavy (non-hydrogen) atoms. The molecule has 1 heterocycles. The van der Waals surface area contributed by atoms with Gasteiger partial charge in [0.15, 0.2) is 23.0 Å². The fourth-order valence-corrected chi connectivity index (χ4v) is 8.82. The summed E-state index contributed by atoms with van der Waals surface area (Å²) in [6, 6.07) is 0. The number of Topliss-reactive ketones (excluding diaryl/α,β-unsaturated/α-hetero) is 1. The van der Waals surface area contributed by atoms with Gasteiger partial charge in [-0.15, -0.1) is 0 Å². The molecule has 0 saturated heterocycles. The number of aliphatic hydroxyl groups excluding tert-OH is 1. The Bertz CT molecular complexity index is 924. The number of ketones is 2. The van der Waals surface area contributed by atoms with Crippen LogP contribution in [0.2, 0.25) is 0 Å². The van der Waals surface area contributed by atoms with Crippen LogP contribution in [0.1, 0.15) is 53.4 Å². The van der Waals surface area contributed by atoms with Crippen molar-refractivity contribution < 1.29 is 19.4 Å². The third-order valence-electron chi connectivity index (χ3n) is 9.02. The smallest absolute Gasteiger partial charge is 0.181 e. The van der Waals surface area contributed by atoms with E-state index >= 15 is 0 Å². The largest absolute Gasteiger partial charge is 0.475 e. The molecule has 156 valence electrons. The first-order valence-corrected chi connectivity index (χ1v) is 11.4. The number of carbonyl (C=O) groups is 2. The Labute approximate surface area is 179 Å². The Morgan fingerprint density at radius 2 is 2.07 bits per heavy atom. The van der Waals surface area contributed by atoms with E-state index in [0.29, 0.717) is 12.3 Å². The molecule has 0 amide bonds. The van der Waals surface area contributed by atoms with Crippen LogP contribution in [0, 0.1) is 22.7 Å². The van der Waals surface area contributed by atoms with E-state index in [2.05, 4.69) is 29.8 Å². The van der Waals surface area contributed by atoms with Gasteiger partial charge in [-0.1, -0.05) is 41.4 Å². The summed E-state index contributed by atoms with van der Waals surface area (Å²) in [6.45, 7) is 7.70. The monoisotopic (exact) mass is 461 g/mol. The minimum absolute atomic E-state index is 0.0197. The number of ether oxygens (including phenoxy) is 1. The number of nitrogens with zero attached hydrogens (tertiary/aromatic N) is 1. The van der Waals surface area contributed by atoms with Crippen LogP contribution in [0.15, 0.2) is 28.8 Å². The Hall–Kier alpha value is -1.27. The maximum atomic E-state index is 13.0. The van der Waals surface area contributed by atoms with E-state index in [-0.39, 0.29) is 29.5 Å². The number of hydrogen-bond acceptors (Lipinski definition) is 5. The van der Waals surface area contributed by atoms with Crippen molar-refractivity contribution >= 4 is 33.4 Å². The average molecular weight is 462 g/mol. The summed E-state index contributed by atoms with van der Waals surface area (Å²) in [6.07, 6.45) is 7.35. The van der Waals surface area contributed by atoms with Gasteiger partial charge in [0.2, 0.25) is 0 Å². The summed E-state index contributed by atoms with van der Waals surface area (Å²) in [7, 11) is 0. The predicted molar refractivity (Wildman–Crippen MR) is 113 cm³/mol. The zero-order valence-corrected chi connectivity index (χ0v) is 19.0. The molecule has 5 nitrogen and oxygen atoms in total. The van der Waals surface area contributed by atoms with Crippen LogP contribution in [-0.2, 0) is 14.3 Å². The second-order valence-electron chi connectivity index (χ2n) is 10.1. The molecule has 6 heteroatoms. The molecule has 0 aromatic carbocycles. The summed E-state index contributed by atoms with van der Waals surface area (Å²) < 4.78 is 5.48. The SMILES string of the molecule is CC(=O)[C@@]12N=C(C)O[C@@H]1C[C@H]1[C@@H]3CCC4=CC(=O)C=C[C@]4(C)[C@@]3(Br)[C@@H](O)C[C@@]12C. The van der Waals surface area contributed by atoms with E-state index in [1.807, 2.05) is 13.0 Å². The molecule has 0 aromatic rings. The lowest BCUT2D eigenvalue weighted by Crippen LogP contribution is -2.68. The normalized spacial score (nSPS) is 52.6. The number of fused-ring (bicyclic) bond motifs is 7. The second-order valence-corrected chi connectivity index (χ2v) is 11.4. The molecular weight excluding hydrogens is 434 g/mol. The highest BCUT2D eigenvalue weighted by molar-refractivity contribution is 9.10. The lowest BCUT2D eigenvalue weighted by atomic mass is 9.45. The Morgan fingerprint density at radius 3 is 2.76 bits per heavy atom. The van der Waals surface area contributed by atoms with Crippen LogP contribution >= 0.6 is 15.9 Å². The van der Waals surface area contributed by atoms with Crippen LogP contribution in [0.25, 0.3) is 0 Å². The van der Waals surface area contributed by atoms with Crippen molar-refractivity contribution in [1.82, 2.24) is 0 Å². The van der Waals surface area contributed by atoms with Gasteiger partial charge in [0.1, 0.15) is 6.10 Å². The van der Waals surface area contributed by atoms with Crippen molar-refractivity contribution in [1.29, 1.82) is 0 Å². The molecule has 0 spiro atoms. The lowest BCUT2D eigenvalue weighted by molar-refractivity contribution is -0.136. The first-order valence-electron chi connectivity index (χ1n) is 10.6. The molecule has 0 unspecified atom stereocenters. The Morgan fingerprint density at radius 1 is 1.34 bits per heavy atom. The number of aliphatic hydroxyl groups is 1. The third kappa shape index (κ3) is 2.03. The van der Waals surface area contributed by atoms with Crippen molar-refractivity contribution in [2.75, 3.05) is 0 Å². The van der Waals surface area contributed by atoms with Gasteiger partial charge in [0, 0.05) is 17.8 Å². The van der Waals surface area contributed by atoms with Crippen LogP contribution in [-0.4, -0.2) is 44.6 Å². The third-order valence-corrected chi connectivity index (χ3v) is 11.0. The highest BCUT2D eigenvalue weighted by Gasteiger charge is 2.76. The van der Waals surface area contributed by atoms with E-state index in [1.165, 1.54) is 0 Å². The van der Waals surface area contributed by atoms with Gasteiger partial charge in [0.05, 0.1) is 10.4 Å². The number of allylic oxidation sites excluding steroid dienone is 4. The number of halogens is 1. The van der Waals surface area contributed by atoms with Gasteiger partial charge in [-0.05, 0) is 56.6 Å². The van der Waals surface area contributed by atoms with Gasteiger partial charge in [-0.2, -0.15) is 0 Å². The van der Waals surface area contributed by atoms with E-state index in [4.69, 9.17) is 9.73 Å². The minimum atomic E-state index is -0.910. The highest BCUT2D eigenvalue weighted by Crippen LogP contribution is 2.72. The van der Waals surface area contributed by atoms with E-state index < -0.39 is 26.8 Å². The maximum Gasteiger partial charge on any atom is 0.181 e. The molecule has 4 aliphatic carbocycles. The number of rotatable bonds is 1. The molecule has 0 radical (unpaired) electrons. The Balaban J connectivity index is 1.66. The van der Waals surface area contributed by atoms with Crippen molar-refractivity contribution in [3.05, 3.63) is 23.8 Å². The van der Waals surface area contributed by atoms with Crippen LogP contribution in [0.5, 0.6) is 0 Å². The van der Waals surface area contributed by atoms with Crippen LogP contribution in [0.4, 0.5) is 0 Å². The van der Waals surface area contributed by atoms with E-state index in [9.17, 15) is 14.7 Å². The topological polar surface area (TPSA) is 76.0 Å². The van der Waals surface area contributed by atoms with Crippen LogP contribution in [0.3, 0.4) is 0 Å². The molecule has 8 atom stereocenters. The standard InChI is InChI=1S/C23H28BrNO4/c1-12(26)23-19(29-13(2)25-23)10-17-16-6-5-14-9-15(27)7-8-20(14,3)22(16,24)18(28)11-21(17,23)4/h7-9,16-19,28H,5-6,10-11H2,1-4H3/t16-,17-,18-,19+,20-,21-,22-,23+/m0/s1. The molecule has 3 fully saturated rings. The van der Waals surface area contributed by atoms with Crippen molar-refractivity contribution in [3.8, 4) is 0 Å². The highest BCUT2D eigenvalue weighted by atomic mass is 79.9. The maximum absolute atomic E-state index is 13.0. The lowest BCUT2D eigenvalue weighted by Gasteiger charge is -2.64. The average Bonchev–Trinajstić information content (AvgIpc) is 3.09. The predicted octanol–water partition coefficient (Wildman–Crippen LogP) is 3.54. The summed E-state index contributed by atoms with van der Waals surface area (Å²) in [4.78, 5) is 29.8. The van der Waals surface area contributed by atoms with E-state index in [0.717, 1.165) is 24.8 Å². The molecule has 3 saturated carbocycles. The molecular formula is C23H28BrNO4. The first-order chi connectivity index (χ1) is 13.5. The number of alkyl halides is 1. The van der Waals surface area contributed by atoms with Gasteiger partial charge >= 0.3 is 0 Å². The first kappa shape index (κ1) is 19.7. The minimum Gasteiger partial charge on any atom is -0.475 e. The van der Waals surface area contributed by atoms with E-state index in [1.54, 1.807) is 19.1 Å². The summed E-state index contributed by atoms with van der Waals surface area (Å²) >= 11 is 4.05. The van der Waals surface area contributed by atoms with Gasteiger partial charge in [-0.3, -0.25) is 9.59 Å². The summed E-state index contributed by atoms with van der Waals surface area (Å²) in [5, 5.41) is 11.6. The number of hydrogen-bond donors (Lipinski definition) is 1. The van der Waals surface area contributed by atoms with Gasteiger partial charge in [0.25, 0.3) is 0 Å². The number of carbonyl (C=O) groups excluding carboxylic acids is 2. The second kappa shape index (κ2) is 5.70. The molecule has 1 aliphatic heterocycles. The fraction of sp³-hybridized carbons (Fsp3) is 0.696. The molecule has 0 aromatic heterocycles. The molecule has 1 N–H and O–H groups in total. The molecule has 5 aliphatic rings. The number of aliphatic imine (C=N–C) groups is 1. The van der Waals surface area contributed by atoms with Gasteiger partial charge < -0.3 is 9.84 Å². The van der Waals surface area contributed by atoms with Crippen molar-refractivity contribution in [3.63, 3.8) is 0 Å². The zero-order chi connectivity index (χ0) is 21.0. The summed E-state index contributed by atoms with van der Waals surface area (Å²) in [5.74, 6) is 0.970. The van der Waals surface area contributed by atoms with Gasteiger partial charge in [-0.25, -0.2) is 4.99 Å². The van der Waals surface area contributed by atoms with Crippen molar-refractivity contribution in [2.45, 2.75) is 75.4 Å². The molecule has 5 rings (SSSR count). The molecule has 0 bridgehead atoms. The van der Waals surface area contributed by atoms with Crippen molar-refractivity contribution in [2.24, 2.45) is 27.7 Å². The quantitative estimate of drug-likeness (QED) is 0.605.